The van der Waals surface area contributed by atoms with Crippen molar-refractivity contribution >= 4 is 10.0 Å². The summed E-state index contributed by atoms with van der Waals surface area (Å²) in [6.07, 6.45) is 3.39. The number of nitrogens with two attached hydrogens (primary N) is 1. The van der Waals surface area contributed by atoms with Crippen LogP contribution in [0.15, 0.2) is 0 Å². The van der Waals surface area contributed by atoms with Crippen molar-refractivity contribution in [1.82, 2.24) is 4.90 Å². The highest BCUT2D eigenvalue weighted by atomic mass is 32.2. The van der Waals surface area contributed by atoms with Crippen LogP contribution in [0.1, 0.15) is 19.3 Å². The molecule has 0 aromatic carbocycles. The molecular weight excluding hydrogens is 164 g/mol. The Balaban J connectivity index is 2.36. The monoisotopic (exact) mass is 178 g/mol. The lowest BCUT2D eigenvalue weighted by atomic mass is 10.1. The van der Waals surface area contributed by atoms with Gasteiger partial charge in [0.05, 0.1) is 0 Å². The van der Waals surface area contributed by atoms with Gasteiger partial charge in [-0.2, -0.15) is 0 Å². The molecule has 0 aromatic rings. The van der Waals surface area contributed by atoms with Gasteiger partial charge in [-0.25, -0.2) is 13.6 Å². The minimum absolute atomic E-state index is 0.0208. The van der Waals surface area contributed by atoms with Crippen LogP contribution in [0.2, 0.25) is 0 Å². The molecule has 4 nitrogen and oxygen atoms in total. The standard InChI is InChI=1S/C6H14N2O2S/c7-11(9,10)6-8-4-2-1-3-5-8/h1-6H2,(H2,7,9,10). The van der Waals surface area contributed by atoms with Crippen molar-refractivity contribution in [3.63, 3.8) is 0 Å². The van der Waals surface area contributed by atoms with Crippen LogP contribution in [0.25, 0.3) is 0 Å². The minimum Gasteiger partial charge on any atom is -0.289 e. The van der Waals surface area contributed by atoms with Crippen LogP contribution >= 0.6 is 0 Å². The van der Waals surface area contributed by atoms with Crippen molar-refractivity contribution in [2.45, 2.75) is 19.3 Å². The fourth-order valence-corrected chi connectivity index (χ4v) is 2.11. The number of hydrogen-bond acceptors (Lipinski definition) is 3. The molecule has 66 valence electrons. The summed E-state index contributed by atoms with van der Waals surface area (Å²) in [5, 5.41) is 4.90. The van der Waals surface area contributed by atoms with E-state index >= 15 is 0 Å². The van der Waals surface area contributed by atoms with Gasteiger partial charge < -0.3 is 0 Å². The number of sulfonamides is 1. The Labute approximate surface area is 67.4 Å². The van der Waals surface area contributed by atoms with E-state index in [1.54, 1.807) is 0 Å². The topological polar surface area (TPSA) is 63.4 Å². The number of nitrogens with zero attached hydrogens (tertiary/aromatic N) is 1. The van der Waals surface area contributed by atoms with Gasteiger partial charge in [0.15, 0.2) is 0 Å². The lowest BCUT2D eigenvalue weighted by Crippen LogP contribution is -2.37. The first-order valence-electron chi connectivity index (χ1n) is 3.81. The molecule has 1 heterocycles. The Kier molecular flexibility index (Phi) is 2.86. The Bertz CT molecular complexity index is 207. The normalized spacial score (nSPS) is 21.9. The highest BCUT2D eigenvalue weighted by Crippen LogP contribution is 2.08. The van der Waals surface area contributed by atoms with Gasteiger partial charge in [0.25, 0.3) is 0 Å². The molecular formula is C6H14N2O2S. The van der Waals surface area contributed by atoms with Gasteiger partial charge in [-0.05, 0) is 25.9 Å². The highest BCUT2D eigenvalue weighted by Gasteiger charge is 2.14. The first-order valence-corrected chi connectivity index (χ1v) is 5.52. The van der Waals surface area contributed by atoms with Gasteiger partial charge in [-0.1, -0.05) is 6.42 Å². The molecule has 1 fully saturated rings. The van der Waals surface area contributed by atoms with Crippen LogP contribution in [0.5, 0.6) is 0 Å². The first-order chi connectivity index (χ1) is 5.08. The molecule has 0 saturated carbocycles. The summed E-state index contributed by atoms with van der Waals surface area (Å²) in [5.74, 6) is 0.0208. The molecule has 1 aliphatic rings. The number of rotatable bonds is 2. The van der Waals surface area contributed by atoms with Gasteiger partial charge in [0, 0.05) is 0 Å². The second kappa shape index (κ2) is 3.51. The highest BCUT2D eigenvalue weighted by molar-refractivity contribution is 7.89. The smallest absolute Gasteiger partial charge is 0.222 e. The van der Waals surface area contributed by atoms with Crippen molar-refractivity contribution in [1.29, 1.82) is 0 Å². The van der Waals surface area contributed by atoms with Gasteiger partial charge in [0.1, 0.15) is 5.88 Å². The van der Waals surface area contributed by atoms with Crippen molar-refractivity contribution < 1.29 is 8.42 Å². The molecule has 0 unspecified atom stereocenters. The third-order valence-corrected chi connectivity index (χ3v) is 2.54. The van der Waals surface area contributed by atoms with Crippen LogP contribution in [0.4, 0.5) is 0 Å². The van der Waals surface area contributed by atoms with E-state index in [-0.39, 0.29) is 5.88 Å². The Morgan fingerprint density at radius 2 is 1.73 bits per heavy atom. The molecule has 0 atom stereocenters. The summed E-state index contributed by atoms with van der Waals surface area (Å²) < 4.78 is 21.3. The Hall–Kier alpha value is -0.130. The molecule has 1 rings (SSSR count). The molecule has 1 aliphatic heterocycles. The molecule has 0 radical (unpaired) electrons. The molecule has 0 bridgehead atoms. The second-order valence-corrected chi connectivity index (χ2v) is 4.55. The Morgan fingerprint density at radius 3 is 2.18 bits per heavy atom. The average molecular weight is 178 g/mol. The second-order valence-electron chi connectivity index (χ2n) is 2.97. The van der Waals surface area contributed by atoms with Crippen LogP contribution in [-0.4, -0.2) is 32.3 Å². The number of likely N-dealkylation sites (tertiary alicyclic amines) is 1. The zero-order chi connectivity index (χ0) is 8.32. The van der Waals surface area contributed by atoms with Crippen molar-refractivity contribution in [3.05, 3.63) is 0 Å². The lowest BCUT2D eigenvalue weighted by molar-refractivity contribution is 0.261. The maximum absolute atomic E-state index is 10.6. The SMILES string of the molecule is NS(=O)(=O)CN1CCCCC1. The van der Waals surface area contributed by atoms with E-state index in [1.807, 2.05) is 4.90 Å². The summed E-state index contributed by atoms with van der Waals surface area (Å²) in [6.45, 7) is 1.74. The molecule has 0 aliphatic carbocycles. The minimum atomic E-state index is -3.30. The van der Waals surface area contributed by atoms with Crippen LogP contribution < -0.4 is 5.14 Å². The van der Waals surface area contributed by atoms with Crippen molar-refractivity contribution in [2.24, 2.45) is 5.14 Å². The van der Waals surface area contributed by atoms with E-state index in [0.29, 0.717) is 0 Å². The van der Waals surface area contributed by atoms with Crippen molar-refractivity contribution in [3.8, 4) is 0 Å². The summed E-state index contributed by atoms with van der Waals surface area (Å²) in [4.78, 5) is 1.89. The molecule has 0 aromatic heterocycles. The predicted molar refractivity (Wildman–Crippen MR) is 43.4 cm³/mol. The number of hydrogen-bond donors (Lipinski definition) is 1. The van der Waals surface area contributed by atoms with E-state index in [2.05, 4.69) is 0 Å². The summed E-state index contributed by atoms with van der Waals surface area (Å²) >= 11 is 0. The molecule has 2 N–H and O–H groups in total. The van der Waals surface area contributed by atoms with E-state index in [1.165, 1.54) is 6.42 Å². The largest absolute Gasteiger partial charge is 0.289 e. The van der Waals surface area contributed by atoms with Crippen LogP contribution in [-0.2, 0) is 10.0 Å². The molecule has 0 spiro atoms. The van der Waals surface area contributed by atoms with Crippen molar-refractivity contribution in [2.75, 3.05) is 19.0 Å². The zero-order valence-electron chi connectivity index (χ0n) is 6.49. The van der Waals surface area contributed by atoms with E-state index < -0.39 is 10.0 Å². The van der Waals surface area contributed by atoms with E-state index in [4.69, 9.17) is 5.14 Å². The number of primary sulfonamides is 1. The van der Waals surface area contributed by atoms with E-state index in [9.17, 15) is 8.42 Å². The maximum atomic E-state index is 10.6. The quantitative estimate of drug-likeness (QED) is 0.632. The van der Waals surface area contributed by atoms with Gasteiger partial charge in [-0.3, -0.25) is 4.90 Å². The predicted octanol–water partition coefficient (Wildman–Crippen LogP) is -0.282. The van der Waals surface area contributed by atoms with Gasteiger partial charge in [0.2, 0.25) is 10.0 Å². The summed E-state index contributed by atoms with van der Waals surface area (Å²) in [6, 6.07) is 0. The summed E-state index contributed by atoms with van der Waals surface area (Å²) in [7, 11) is -3.30. The fourth-order valence-electron chi connectivity index (χ4n) is 1.34. The Morgan fingerprint density at radius 1 is 1.18 bits per heavy atom. The van der Waals surface area contributed by atoms with Crippen LogP contribution in [0, 0.1) is 0 Å². The average Bonchev–Trinajstić information content (AvgIpc) is 1.85. The van der Waals surface area contributed by atoms with Gasteiger partial charge >= 0.3 is 0 Å². The number of piperidine rings is 1. The molecule has 11 heavy (non-hydrogen) atoms. The molecule has 5 heteroatoms. The fraction of sp³-hybridized carbons (Fsp3) is 1.00. The van der Waals surface area contributed by atoms with Crippen LogP contribution in [0.3, 0.4) is 0 Å². The molecule has 1 saturated heterocycles. The molecule has 0 amide bonds. The summed E-state index contributed by atoms with van der Waals surface area (Å²) in [5.41, 5.74) is 0. The lowest BCUT2D eigenvalue weighted by Gasteiger charge is -2.24. The first kappa shape index (κ1) is 8.96. The zero-order valence-corrected chi connectivity index (χ0v) is 7.31. The van der Waals surface area contributed by atoms with E-state index in [0.717, 1.165) is 25.9 Å². The third-order valence-electron chi connectivity index (χ3n) is 1.81. The van der Waals surface area contributed by atoms with Gasteiger partial charge in [-0.15, -0.1) is 0 Å². The third kappa shape index (κ3) is 3.69. The maximum Gasteiger partial charge on any atom is 0.222 e.